The number of carbonyl (C=O) groups excluding carboxylic acids is 1. The zero-order valence-electron chi connectivity index (χ0n) is 25.0. The summed E-state index contributed by atoms with van der Waals surface area (Å²) in [6, 6.07) is 10.6. The maximum atomic E-state index is 14.0. The molecule has 1 aliphatic rings. The van der Waals surface area contributed by atoms with Crippen LogP contribution in [0.25, 0.3) is 0 Å². The van der Waals surface area contributed by atoms with Gasteiger partial charge in [0, 0.05) is 32.4 Å². The second-order valence-corrected chi connectivity index (χ2v) is 11.3. The topological polar surface area (TPSA) is 73.8 Å². The summed E-state index contributed by atoms with van der Waals surface area (Å²) in [5.41, 5.74) is 2.74. The average Bonchev–Trinajstić information content (AvgIpc) is 2.96. The Bertz CT molecular complexity index is 1040. The van der Waals surface area contributed by atoms with E-state index in [0.717, 1.165) is 69.9 Å². The summed E-state index contributed by atoms with van der Waals surface area (Å²) in [6.45, 7) is 10.1. The predicted octanol–water partition coefficient (Wildman–Crippen LogP) is 5.01. The Morgan fingerprint density at radius 2 is 1.76 bits per heavy atom. The molecule has 0 saturated carbocycles. The van der Waals surface area contributed by atoms with Crippen molar-refractivity contribution in [2.75, 3.05) is 32.8 Å². The summed E-state index contributed by atoms with van der Waals surface area (Å²) in [7, 11) is 0. The Morgan fingerprint density at radius 1 is 1.05 bits per heavy atom. The third-order valence-electron chi connectivity index (χ3n) is 8.03. The predicted molar refractivity (Wildman–Crippen MR) is 160 cm³/mol. The molecule has 2 aromatic rings. The SMILES string of the molecule is CCCCC(C(=O)N[C@@H](Cc1cc(F)cc(F)c1)[C@H](O)CNCc1cccc(CC)c1)N1CCC(COCC)CC1. The van der Waals surface area contributed by atoms with Crippen LogP contribution in [0.1, 0.15) is 69.6 Å². The highest BCUT2D eigenvalue weighted by Crippen LogP contribution is 2.22. The molecule has 3 atom stereocenters. The first-order chi connectivity index (χ1) is 19.8. The zero-order valence-corrected chi connectivity index (χ0v) is 25.0. The second-order valence-electron chi connectivity index (χ2n) is 11.3. The number of amides is 1. The van der Waals surface area contributed by atoms with Crippen molar-refractivity contribution >= 4 is 5.91 Å². The largest absolute Gasteiger partial charge is 0.390 e. The molecule has 2 aromatic carbocycles. The third-order valence-corrected chi connectivity index (χ3v) is 8.03. The van der Waals surface area contributed by atoms with Gasteiger partial charge in [-0.25, -0.2) is 8.78 Å². The number of nitrogens with zero attached hydrogens (tertiary/aromatic N) is 1. The van der Waals surface area contributed by atoms with Crippen LogP contribution in [-0.4, -0.2) is 66.9 Å². The lowest BCUT2D eigenvalue weighted by Crippen LogP contribution is -2.56. The number of aryl methyl sites for hydroxylation is 1. The van der Waals surface area contributed by atoms with Gasteiger partial charge in [0.1, 0.15) is 11.6 Å². The van der Waals surface area contributed by atoms with E-state index >= 15 is 0 Å². The fourth-order valence-electron chi connectivity index (χ4n) is 5.60. The lowest BCUT2D eigenvalue weighted by atomic mass is 9.94. The molecule has 1 unspecified atom stereocenters. The molecule has 0 spiro atoms. The Balaban J connectivity index is 1.70. The smallest absolute Gasteiger partial charge is 0.237 e. The van der Waals surface area contributed by atoms with E-state index in [1.807, 2.05) is 19.1 Å². The molecule has 1 heterocycles. The summed E-state index contributed by atoms with van der Waals surface area (Å²) >= 11 is 0. The molecule has 228 valence electrons. The van der Waals surface area contributed by atoms with Gasteiger partial charge >= 0.3 is 0 Å². The van der Waals surface area contributed by atoms with Crippen LogP contribution in [0.3, 0.4) is 0 Å². The lowest BCUT2D eigenvalue weighted by Gasteiger charge is -2.38. The monoisotopic (exact) mass is 573 g/mol. The van der Waals surface area contributed by atoms with Gasteiger partial charge in [-0.2, -0.15) is 0 Å². The van der Waals surface area contributed by atoms with Crippen molar-refractivity contribution in [1.29, 1.82) is 0 Å². The van der Waals surface area contributed by atoms with Crippen LogP contribution < -0.4 is 10.6 Å². The first kappa shape index (κ1) is 33.1. The van der Waals surface area contributed by atoms with Crippen molar-refractivity contribution in [2.24, 2.45) is 5.92 Å². The Labute approximate surface area is 244 Å². The van der Waals surface area contributed by atoms with Crippen LogP contribution in [0.5, 0.6) is 0 Å². The molecule has 3 rings (SSSR count). The fraction of sp³-hybridized carbons (Fsp3) is 0.606. The van der Waals surface area contributed by atoms with Crippen molar-refractivity contribution < 1.29 is 23.4 Å². The molecule has 1 aliphatic heterocycles. The number of likely N-dealkylation sites (tertiary alicyclic amines) is 1. The number of nitrogens with one attached hydrogen (secondary N) is 2. The number of benzene rings is 2. The van der Waals surface area contributed by atoms with Gasteiger partial charge in [0.15, 0.2) is 0 Å². The molecule has 1 fully saturated rings. The molecule has 0 aromatic heterocycles. The van der Waals surface area contributed by atoms with Gasteiger partial charge in [-0.3, -0.25) is 9.69 Å². The van der Waals surface area contributed by atoms with Gasteiger partial charge in [-0.15, -0.1) is 0 Å². The molecule has 0 radical (unpaired) electrons. The number of ether oxygens (including phenoxy) is 1. The summed E-state index contributed by atoms with van der Waals surface area (Å²) in [5.74, 6) is -0.991. The normalized spacial score (nSPS) is 16.8. The Kier molecular flexibility index (Phi) is 14.2. The molecule has 3 N–H and O–H groups in total. The van der Waals surface area contributed by atoms with Crippen molar-refractivity contribution in [3.05, 3.63) is 70.8 Å². The summed E-state index contributed by atoms with van der Waals surface area (Å²) < 4.78 is 33.6. The first-order valence-corrected chi connectivity index (χ1v) is 15.4. The second kappa shape index (κ2) is 17.5. The van der Waals surface area contributed by atoms with E-state index in [4.69, 9.17) is 4.74 Å². The molecular weight excluding hydrogens is 524 g/mol. The zero-order chi connectivity index (χ0) is 29.6. The van der Waals surface area contributed by atoms with Crippen LogP contribution in [0, 0.1) is 17.6 Å². The van der Waals surface area contributed by atoms with Crippen molar-refractivity contribution in [3.63, 3.8) is 0 Å². The molecule has 0 bridgehead atoms. The van der Waals surface area contributed by atoms with Crippen LogP contribution in [-0.2, 0) is 28.9 Å². The van der Waals surface area contributed by atoms with Crippen LogP contribution in [0.2, 0.25) is 0 Å². The summed E-state index contributed by atoms with van der Waals surface area (Å²) in [4.78, 5) is 16.0. The standard InChI is InChI=1S/C33H49F2N3O3/c1-4-7-11-31(38-14-12-25(13-15-38)23-41-6-3)33(40)37-30(19-27-17-28(34)20-29(35)18-27)32(39)22-36-21-26-10-8-9-24(5-2)16-26/h8-10,16-18,20,25,30-32,36,39H,4-7,11-15,19,21-23H2,1-3H3,(H,37,40)/t30-,31?,32+/m0/s1. The van der Waals surface area contributed by atoms with E-state index in [1.165, 1.54) is 17.7 Å². The van der Waals surface area contributed by atoms with Gasteiger partial charge in [-0.05, 0) is 86.9 Å². The average molecular weight is 574 g/mol. The number of carbonyl (C=O) groups is 1. The minimum atomic E-state index is -0.955. The first-order valence-electron chi connectivity index (χ1n) is 15.4. The summed E-state index contributed by atoms with van der Waals surface area (Å²) in [5, 5.41) is 17.6. The molecule has 1 saturated heterocycles. The lowest BCUT2D eigenvalue weighted by molar-refractivity contribution is -0.129. The molecule has 41 heavy (non-hydrogen) atoms. The third kappa shape index (κ3) is 11.1. The van der Waals surface area contributed by atoms with E-state index in [1.54, 1.807) is 0 Å². The van der Waals surface area contributed by atoms with E-state index in [0.29, 0.717) is 24.6 Å². The van der Waals surface area contributed by atoms with E-state index in [-0.39, 0.29) is 24.9 Å². The number of halogens is 2. The van der Waals surface area contributed by atoms with Crippen molar-refractivity contribution in [1.82, 2.24) is 15.5 Å². The summed E-state index contributed by atoms with van der Waals surface area (Å²) in [6.07, 6.45) is 4.68. The van der Waals surface area contributed by atoms with Gasteiger partial charge in [0.2, 0.25) is 5.91 Å². The maximum absolute atomic E-state index is 14.0. The highest BCUT2D eigenvalue weighted by Gasteiger charge is 2.32. The van der Waals surface area contributed by atoms with Gasteiger partial charge in [-0.1, -0.05) is 51.0 Å². The number of hydrogen-bond acceptors (Lipinski definition) is 5. The Morgan fingerprint density at radius 3 is 2.41 bits per heavy atom. The molecule has 6 nitrogen and oxygen atoms in total. The van der Waals surface area contributed by atoms with Gasteiger partial charge in [0.05, 0.1) is 18.2 Å². The van der Waals surface area contributed by atoms with E-state index < -0.39 is 23.8 Å². The Hall–Kier alpha value is -2.39. The molecular formula is C33H49F2N3O3. The quantitative estimate of drug-likeness (QED) is 0.248. The van der Waals surface area contributed by atoms with E-state index in [2.05, 4.69) is 41.5 Å². The fourth-order valence-corrected chi connectivity index (χ4v) is 5.60. The maximum Gasteiger partial charge on any atom is 0.237 e. The van der Waals surface area contributed by atoms with Gasteiger partial charge < -0.3 is 20.5 Å². The number of hydrogen-bond donors (Lipinski definition) is 3. The van der Waals surface area contributed by atoms with Crippen LogP contribution in [0.4, 0.5) is 8.78 Å². The highest BCUT2D eigenvalue weighted by molar-refractivity contribution is 5.82. The molecule has 0 aliphatic carbocycles. The number of piperidine rings is 1. The molecule has 8 heteroatoms. The van der Waals surface area contributed by atoms with Crippen molar-refractivity contribution in [2.45, 2.75) is 90.4 Å². The van der Waals surface area contributed by atoms with Crippen molar-refractivity contribution in [3.8, 4) is 0 Å². The van der Waals surface area contributed by atoms with E-state index in [9.17, 15) is 18.7 Å². The minimum Gasteiger partial charge on any atom is -0.390 e. The number of aliphatic hydroxyl groups excluding tert-OH is 1. The van der Waals surface area contributed by atoms with Gasteiger partial charge in [0.25, 0.3) is 0 Å². The number of aliphatic hydroxyl groups is 1. The molecule has 1 amide bonds. The van der Waals surface area contributed by atoms with Crippen LogP contribution in [0.15, 0.2) is 42.5 Å². The number of unbranched alkanes of at least 4 members (excludes halogenated alkanes) is 1. The number of rotatable bonds is 17. The van der Waals surface area contributed by atoms with Crippen LogP contribution >= 0.6 is 0 Å². The highest BCUT2D eigenvalue weighted by atomic mass is 19.1. The minimum absolute atomic E-state index is 0.117.